The average molecular weight is 375 g/mol. The highest BCUT2D eigenvalue weighted by molar-refractivity contribution is 5.33. The van der Waals surface area contributed by atoms with E-state index in [4.69, 9.17) is 9.47 Å². The number of nitrogens with zero attached hydrogens (tertiary/aromatic N) is 1. The van der Waals surface area contributed by atoms with E-state index >= 15 is 0 Å². The Morgan fingerprint density at radius 3 is 1.81 bits per heavy atom. The smallest absolute Gasteiger partial charge is 0.140 e. The van der Waals surface area contributed by atoms with Gasteiger partial charge >= 0.3 is 0 Å². The van der Waals surface area contributed by atoms with Crippen LogP contribution in [0, 0.1) is 0 Å². The molecular weight excluding hydrogens is 352 g/mol. The number of fused-ring (bicyclic) bond motifs is 1. The number of rotatable bonds is 6. The topological polar surface area (TPSA) is 41.9 Å². The minimum absolute atomic E-state index is 0.0157. The Morgan fingerprint density at radius 1 is 0.889 bits per heavy atom. The molecule has 2 fully saturated rings. The van der Waals surface area contributed by atoms with Crippen molar-refractivity contribution in [3.05, 3.63) is 70.8 Å². The summed E-state index contributed by atoms with van der Waals surface area (Å²) in [6.07, 6.45) is -0.553. The van der Waals surface area contributed by atoms with Gasteiger partial charge in [-0.25, -0.2) is 13.7 Å². The molecule has 27 heavy (non-hydrogen) atoms. The number of hydrogen-bond donors (Lipinski definition) is 1. The molecular formula is C21H23F2NO3. The second kappa shape index (κ2) is 7.64. The summed E-state index contributed by atoms with van der Waals surface area (Å²) in [5.74, 6) is 0. The molecule has 1 N–H and O–H groups in total. The molecule has 2 aromatic rings. The van der Waals surface area contributed by atoms with Crippen LogP contribution in [-0.2, 0) is 22.8 Å². The third-order valence-electron chi connectivity index (χ3n) is 5.58. The van der Waals surface area contributed by atoms with Crippen LogP contribution in [0.3, 0.4) is 0 Å². The van der Waals surface area contributed by atoms with Crippen molar-refractivity contribution >= 4 is 0 Å². The molecule has 2 saturated heterocycles. The van der Waals surface area contributed by atoms with E-state index < -0.39 is 31.3 Å². The molecule has 4 nitrogen and oxygen atoms in total. The summed E-state index contributed by atoms with van der Waals surface area (Å²) in [4.78, 5) is 2.05. The predicted octanol–water partition coefficient (Wildman–Crippen LogP) is 3.81. The summed E-state index contributed by atoms with van der Waals surface area (Å²) < 4.78 is 39.3. The molecule has 0 aliphatic carbocycles. The molecule has 144 valence electrons. The van der Waals surface area contributed by atoms with E-state index in [1.807, 2.05) is 29.2 Å². The zero-order valence-electron chi connectivity index (χ0n) is 15.0. The van der Waals surface area contributed by atoms with E-state index in [1.165, 1.54) is 0 Å². The van der Waals surface area contributed by atoms with Crippen LogP contribution in [0.5, 0.6) is 0 Å². The normalized spacial score (nSPS) is 27.8. The highest BCUT2D eigenvalue weighted by Gasteiger charge is 2.56. The maximum absolute atomic E-state index is 13.6. The fourth-order valence-electron chi connectivity index (χ4n) is 4.19. The summed E-state index contributed by atoms with van der Waals surface area (Å²) in [5.41, 5.74) is 2.09. The van der Waals surface area contributed by atoms with Gasteiger partial charge in [0.15, 0.2) is 0 Å². The molecule has 0 aromatic heterocycles. The maximum atomic E-state index is 13.6. The molecule has 2 aromatic carbocycles. The standard InChI is InChI=1S/C21H23F2NO3/c22-11-15-5-1-3-7-17(15)19-24-20(18-8-4-2-6-16(18)12-23)27-14-21(24,9-10-25)13-26-19/h1-8,19-20,25H,9-14H2/t19-,20+,21-. The molecule has 0 bridgehead atoms. The lowest BCUT2D eigenvalue weighted by Crippen LogP contribution is -2.45. The number of benzene rings is 2. The summed E-state index contributed by atoms with van der Waals surface area (Å²) >= 11 is 0. The SMILES string of the molecule is OCC[C@]12CO[C@H](c3ccccc3CF)N1[C@H](c1ccccc1CF)OC2. The molecule has 2 aliphatic heterocycles. The highest BCUT2D eigenvalue weighted by Crippen LogP contribution is 2.51. The Morgan fingerprint density at radius 2 is 1.37 bits per heavy atom. The van der Waals surface area contributed by atoms with Gasteiger partial charge in [-0.05, 0) is 17.5 Å². The number of aliphatic hydroxyl groups excluding tert-OH is 1. The molecule has 0 unspecified atom stereocenters. The molecule has 0 amide bonds. The molecule has 0 saturated carbocycles. The molecule has 2 heterocycles. The average Bonchev–Trinajstić information content (AvgIpc) is 3.25. The Bertz CT molecular complexity index is 741. The van der Waals surface area contributed by atoms with E-state index in [9.17, 15) is 13.9 Å². The summed E-state index contributed by atoms with van der Waals surface area (Å²) in [6.45, 7) is -0.467. The number of aliphatic hydroxyl groups is 1. The Kier molecular flexibility index (Phi) is 5.23. The molecule has 3 atom stereocenters. The van der Waals surface area contributed by atoms with Crippen LogP contribution in [0.2, 0.25) is 0 Å². The van der Waals surface area contributed by atoms with Gasteiger partial charge in [0.1, 0.15) is 25.8 Å². The van der Waals surface area contributed by atoms with E-state index in [2.05, 4.69) is 0 Å². The molecule has 0 radical (unpaired) electrons. The van der Waals surface area contributed by atoms with Gasteiger partial charge in [0.25, 0.3) is 0 Å². The van der Waals surface area contributed by atoms with Crippen molar-refractivity contribution in [3.63, 3.8) is 0 Å². The molecule has 4 rings (SSSR count). The van der Waals surface area contributed by atoms with Crippen LogP contribution in [0.15, 0.2) is 48.5 Å². The first-order valence-corrected chi connectivity index (χ1v) is 9.14. The second-order valence-corrected chi connectivity index (χ2v) is 7.10. The van der Waals surface area contributed by atoms with Crippen molar-refractivity contribution in [3.8, 4) is 0 Å². The van der Waals surface area contributed by atoms with E-state index in [-0.39, 0.29) is 6.61 Å². The lowest BCUT2D eigenvalue weighted by molar-refractivity contribution is -0.0633. The van der Waals surface area contributed by atoms with Gasteiger partial charge in [-0.1, -0.05) is 48.5 Å². The Hall–Kier alpha value is -1.86. The first kappa shape index (κ1) is 18.5. The molecule has 0 spiro atoms. The molecule has 2 aliphatic rings. The third kappa shape index (κ3) is 3.06. The van der Waals surface area contributed by atoms with Crippen molar-refractivity contribution in [2.24, 2.45) is 0 Å². The van der Waals surface area contributed by atoms with E-state index in [1.54, 1.807) is 24.3 Å². The van der Waals surface area contributed by atoms with Gasteiger partial charge in [-0.2, -0.15) is 0 Å². The number of ether oxygens (including phenoxy) is 2. The largest absolute Gasteiger partial charge is 0.396 e. The fourth-order valence-corrected chi connectivity index (χ4v) is 4.19. The van der Waals surface area contributed by atoms with Crippen LogP contribution < -0.4 is 0 Å². The van der Waals surface area contributed by atoms with Crippen LogP contribution in [0.1, 0.15) is 41.1 Å². The second-order valence-electron chi connectivity index (χ2n) is 7.10. The van der Waals surface area contributed by atoms with Gasteiger partial charge in [0.2, 0.25) is 0 Å². The van der Waals surface area contributed by atoms with Crippen molar-refractivity contribution in [2.75, 3.05) is 19.8 Å². The summed E-state index contributed by atoms with van der Waals surface area (Å²) in [7, 11) is 0. The Labute approximate surface area is 157 Å². The maximum Gasteiger partial charge on any atom is 0.140 e. The summed E-state index contributed by atoms with van der Waals surface area (Å²) in [6, 6.07) is 14.5. The minimum atomic E-state index is -0.594. The van der Waals surface area contributed by atoms with Gasteiger partial charge in [0, 0.05) is 17.7 Å². The zero-order chi connectivity index (χ0) is 18.9. The summed E-state index contributed by atoms with van der Waals surface area (Å²) in [5, 5.41) is 9.63. The van der Waals surface area contributed by atoms with Crippen LogP contribution in [0.4, 0.5) is 8.78 Å². The quantitative estimate of drug-likeness (QED) is 0.834. The number of hydrogen-bond acceptors (Lipinski definition) is 4. The van der Waals surface area contributed by atoms with Gasteiger partial charge in [-0.15, -0.1) is 0 Å². The van der Waals surface area contributed by atoms with Gasteiger partial charge < -0.3 is 14.6 Å². The van der Waals surface area contributed by atoms with E-state index in [0.29, 0.717) is 30.8 Å². The number of halogens is 2. The van der Waals surface area contributed by atoms with Crippen molar-refractivity contribution < 1.29 is 23.4 Å². The Balaban J connectivity index is 1.79. The first-order chi connectivity index (χ1) is 13.2. The lowest BCUT2D eigenvalue weighted by atomic mass is 9.95. The highest BCUT2D eigenvalue weighted by atomic mass is 19.1. The zero-order valence-corrected chi connectivity index (χ0v) is 15.0. The van der Waals surface area contributed by atoms with Crippen LogP contribution in [-0.4, -0.2) is 35.4 Å². The monoisotopic (exact) mass is 375 g/mol. The first-order valence-electron chi connectivity index (χ1n) is 9.14. The van der Waals surface area contributed by atoms with Crippen LogP contribution >= 0.6 is 0 Å². The lowest BCUT2D eigenvalue weighted by Gasteiger charge is -2.35. The third-order valence-corrected chi connectivity index (χ3v) is 5.58. The molecule has 6 heteroatoms. The number of alkyl halides is 2. The van der Waals surface area contributed by atoms with Crippen molar-refractivity contribution in [2.45, 2.75) is 37.8 Å². The van der Waals surface area contributed by atoms with Crippen molar-refractivity contribution in [1.29, 1.82) is 0 Å². The predicted molar refractivity (Wildman–Crippen MR) is 96.2 cm³/mol. The van der Waals surface area contributed by atoms with Gasteiger partial charge in [0.05, 0.1) is 18.8 Å². The van der Waals surface area contributed by atoms with E-state index in [0.717, 1.165) is 11.1 Å². The fraction of sp³-hybridized carbons (Fsp3) is 0.429. The minimum Gasteiger partial charge on any atom is -0.396 e. The van der Waals surface area contributed by atoms with Gasteiger partial charge in [-0.3, -0.25) is 0 Å². The van der Waals surface area contributed by atoms with Crippen LogP contribution in [0.25, 0.3) is 0 Å². The van der Waals surface area contributed by atoms with Crippen molar-refractivity contribution in [1.82, 2.24) is 4.90 Å².